The molecule has 0 aromatic rings. The van der Waals surface area contributed by atoms with Crippen LogP contribution in [0.2, 0.25) is 0 Å². The summed E-state index contributed by atoms with van der Waals surface area (Å²) in [6.07, 6.45) is 2.87. The number of amides is 2. The van der Waals surface area contributed by atoms with Gasteiger partial charge >= 0.3 is 18.0 Å². The molecular formula is C11H18N2O5. The van der Waals surface area contributed by atoms with Crippen LogP contribution in [0.1, 0.15) is 32.1 Å². The second-order valence-corrected chi connectivity index (χ2v) is 4.46. The summed E-state index contributed by atoms with van der Waals surface area (Å²) in [4.78, 5) is 32.5. The Balaban J connectivity index is 2.22. The SMILES string of the molecule is O=C(O)CC[C@H](NC(=O)NCCC1CC1)C(=O)O. The van der Waals surface area contributed by atoms with Crippen LogP contribution in [0.5, 0.6) is 0 Å². The zero-order valence-electron chi connectivity index (χ0n) is 10.0. The topological polar surface area (TPSA) is 116 Å². The first-order valence-corrected chi connectivity index (χ1v) is 5.98. The van der Waals surface area contributed by atoms with Crippen LogP contribution >= 0.6 is 0 Å². The van der Waals surface area contributed by atoms with Crippen LogP contribution in [0.15, 0.2) is 0 Å². The molecule has 7 heteroatoms. The van der Waals surface area contributed by atoms with Gasteiger partial charge in [-0.2, -0.15) is 0 Å². The van der Waals surface area contributed by atoms with E-state index in [1.165, 1.54) is 12.8 Å². The first-order valence-electron chi connectivity index (χ1n) is 5.98. The number of rotatable bonds is 8. The third-order valence-electron chi connectivity index (χ3n) is 2.79. The lowest BCUT2D eigenvalue weighted by Gasteiger charge is -2.14. The summed E-state index contributed by atoms with van der Waals surface area (Å²) in [7, 11) is 0. The Morgan fingerprint density at radius 1 is 1.22 bits per heavy atom. The van der Waals surface area contributed by atoms with Crippen molar-refractivity contribution in [3.63, 3.8) is 0 Å². The van der Waals surface area contributed by atoms with E-state index in [9.17, 15) is 14.4 Å². The first-order chi connectivity index (χ1) is 8.49. The van der Waals surface area contributed by atoms with Crippen LogP contribution in [0.25, 0.3) is 0 Å². The molecule has 0 aromatic heterocycles. The van der Waals surface area contributed by atoms with E-state index in [2.05, 4.69) is 10.6 Å². The van der Waals surface area contributed by atoms with Crippen molar-refractivity contribution >= 4 is 18.0 Å². The summed E-state index contributed by atoms with van der Waals surface area (Å²) in [5.74, 6) is -1.63. The molecule has 2 amide bonds. The van der Waals surface area contributed by atoms with Crippen LogP contribution in [-0.2, 0) is 9.59 Å². The Morgan fingerprint density at radius 3 is 2.39 bits per heavy atom. The molecule has 0 saturated heterocycles. The molecule has 18 heavy (non-hydrogen) atoms. The predicted octanol–water partition coefficient (Wildman–Crippen LogP) is 0.404. The number of hydrogen-bond acceptors (Lipinski definition) is 3. The van der Waals surface area contributed by atoms with Gasteiger partial charge in [-0.25, -0.2) is 9.59 Å². The van der Waals surface area contributed by atoms with Crippen molar-refractivity contribution in [1.29, 1.82) is 0 Å². The van der Waals surface area contributed by atoms with E-state index >= 15 is 0 Å². The van der Waals surface area contributed by atoms with Crippen molar-refractivity contribution in [3.05, 3.63) is 0 Å². The van der Waals surface area contributed by atoms with E-state index in [-0.39, 0.29) is 12.8 Å². The average Bonchev–Trinajstić information content (AvgIpc) is 3.07. The second kappa shape index (κ2) is 6.83. The van der Waals surface area contributed by atoms with Gasteiger partial charge in [0.15, 0.2) is 0 Å². The molecule has 0 aromatic carbocycles. The van der Waals surface area contributed by atoms with E-state index in [1.807, 2.05) is 0 Å². The minimum Gasteiger partial charge on any atom is -0.481 e. The number of carboxylic acids is 2. The summed E-state index contributed by atoms with van der Waals surface area (Å²) in [5, 5.41) is 22.1. The Hall–Kier alpha value is -1.79. The maximum absolute atomic E-state index is 11.4. The van der Waals surface area contributed by atoms with E-state index in [0.29, 0.717) is 12.5 Å². The molecule has 7 nitrogen and oxygen atoms in total. The molecule has 102 valence electrons. The van der Waals surface area contributed by atoms with Gasteiger partial charge in [-0.1, -0.05) is 12.8 Å². The van der Waals surface area contributed by atoms with Gasteiger partial charge in [0.25, 0.3) is 0 Å². The highest BCUT2D eigenvalue weighted by molar-refractivity contribution is 5.82. The highest BCUT2D eigenvalue weighted by atomic mass is 16.4. The zero-order chi connectivity index (χ0) is 13.5. The third-order valence-corrected chi connectivity index (χ3v) is 2.79. The molecule has 0 radical (unpaired) electrons. The van der Waals surface area contributed by atoms with Crippen LogP contribution in [0, 0.1) is 5.92 Å². The summed E-state index contributed by atoms with van der Waals surface area (Å²) < 4.78 is 0. The van der Waals surface area contributed by atoms with Gasteiger partial charge in [0.05, 0.1) is 0 Å². The number of nitrogens with one attached hydrogen (secondary N) is 2. The minimum atomic E-state index is -1.23. The first kappa shape index (κ1) is 14.3. The fraction of sp³-hybridized carbons (Fsp3) is 0.727. The normalized spacial score (nSPS) is 15.8. The number of carboxylic acid groups (broad SMARTS) is 2. The maximum Gasteiger partial charge on any atom is 0.326 e. The summed E-state index contributed by atoms with van der Waals surface area (Å²) in [6.45, 7) is 0.516. The Labute approximate surface area is 105 Å². The molecule has 1 atom stereocenters. The van der Waals surface area contributed by atoms with Crippen LogP contribution in [0.4, 0.5) is 4.79 Å². The largest absolute Gasteiger partial charge is 0.481 e. The van der Waals surface area contributed by atoms with Gasteiger partial charge in [0, 0.05) is 13.0 Å². The van der Waals surface area contributed by atoms with Crippen molar-refractivity contribution in [1.82, 2.24) is 10.6 Å². The van der Waals surface area contributed by atoms with E-state index in [0.717, 1.165) is 6.42 Å². The number of carbonyl (C=O) groups is 3. The Morgan fingerprint density at radius 2 is 1.89 bits per heavy atom. The van der Waals surface area contributed by atoms with Gasteiger partial charge in [-0.15, -0.1) is 0 Å². The molecule has 1 fully saturated rings. The van der Waals surface area contributed by atoms with Crippen LogP contribution in [0.3, 0.4) is 0 Å². The molecule has 0 heterocycles. The molecule has 0 unspecified atom stereocenters. The minimum absolute atomic E-state index is 0.124. The summed E-state index contributed by atoms with van der Waals surface area (Å²) in [5.41, 5.74) is 0. The lowest BCUT2D eigenvalue weighted by molar-refractivity contribution is -0.140. The second-order valence-electron chi connectivity index (χ2n) is 4.46. The number of carbonyl (C=O) groups excluding carboxylic acids is 1. The van der Waals surface area contributed by atoms with Crippen molar-refractivity contribution in [2.24, 2.45) is 5.92 Å². The predicted molar refractivity (Wildman–Crippen MR) is 62.2 cm³/mol. The highest BCUT2D eigenvalue weighted by Gasteiger charge is 2.22. The number of urea groups is 1. The fourth-order valence-corrected chi connectivity index (χ4v) is 1.53. The standard InChI is InChI=1S/C11H18N2O5/c14-9(15)4-3-8(10(16)17)13-11(18)12-6-5-7-1-2-7/h7-8H,1-6H2,(H,14,15)(H,16,17)(H2,12,13,18)/t8-/m0/s1. The summed E-state index contributed by atoms with van der Waals surface area (Å²) >= 11 is 0. The van der Waals surface area contributed by atoms with Gasteiger partial charge in [0.1, 0.15) is 6.04 Å². The van der Waals surface area contributed by atoms with E-state index in [1.54, 1.807) is 0 Å². The average molecular weight is 258 g/mol. The molecule has 1 rings (SSSR count). The monoisotopic (exact) mass is 258 g/mol. The van der Waals surface area contributed by atoms with Crippen molar-refractivity contribution in [2.45, 2.75) is 38.1 Å². The molecule has 0 spiro atoms. The molecule has 0 aliphatic heterocycles. The molecular weight excluding hydrogens is 240 g/mol. The van der Waals surface area contributed by atoms with Crippen LogP contribution < -0.4 is 10.6 Å². The quantitative estimate of drug-likeness (QED) is 0.503. The Kier molecular flexibility index (Phi) is 5.41. The maximum atomic E-state index is 11.4. The van der Waals surface area contributed by atoms with Gasteiger partial charge < -0.3 is 20.8 Å². The highest BCUT2D eigenvalue weighted by Crippen LogP contribution is 2.31. The molecule has 1 aliphatic carbocycles. The molecule has 1 saturated carbocycles. The van der Waals surface area contributed by atoms with Gasteiger partial charge in [-0.05, 0) is 18.8 Å². The van der Waals surface area contributed by atoms with E-state index < -0.39 is 24.0 Å². The lowest BCUT2D eigenvalue weighted by Crippen LogP contribution is -2.46. The van der Waals surface area contributed by atoms with Crippen LogP contribution in [-0.4, -0.2) is 40.8 Å². The molecule has 4 N–H and O–H groups in total. The van der Waals surface area contributed by atoms with E-state index in [4.69, 9.17) is 10.2 Å². The van der Waals surface area contributed by atoms with Gasteiger partial charge in [0.2, 0.25) is 0 Å². The molecule has 0 bridgehead atoms. The zero-order valence-corrected chi connectivity index (χ0v) is 10.0. The van der Waals surface area contributed by atoms with Crippen molar-refractivity contribution < 1.29 is 24.6 Å². The third kappa shape index (κ3) is 6.07. The van der Waals surface area contributed by atoms with Crippen molar-refractivity contribution in [2.75, 3.05) is 6.54 Å². The summed E-state index contributed by atoms with van der Waals surface area (Å²) in [6, 6.07) is -1.73. The number of hydrogen-bond donors (Lipinski definition) is 4. The Bertz CT molecular complexity index is 327. The van der Waals surface area contributed by atoms with Gasteiger partial charge in [-0.3, -0.25) is 4.79 Å². The fourth-order valence-electron chi connectivity index (χ4n) is 1.53. The smallest absolute Gasteiger partial charge is 0.326 e. The van der Waals surface area contributed by atoms with Crippen molar-refractivity contribution in [3.8, 4) is 0 Å². The molecule has 1 aliphatic rings. The lowest BCUT2D eigenvalue weighted by atomic mass is 10.1. The number of aliphatic carboxylic acids is 2.